The lowest BCUT2D eigenvalue weighted by Crippen LogP contribution is -2.20. The molecule has 0 fully saturated rings. The smallest absolute Gasteiger partial charge is 0.227 e. The number of carbonyl (C=O) groups excluding carboxylic acids is 1. The van der Waals surface area contributed by atoms with E-state index in [9.17, 15) is 4.79 Å². The number of rotatable bonds is 4. The minimum Gasteiger partial charge on any atom is -0.325 e. The van der Waals surface area contributed by atoms with E-state index in [4.69, 9.17) is 17.3 Å². The van der Waals surface area contributed by atoms with Crippen LogP contribution in [0.3, 0.4) is 0 Å². The molecule has 0 saturated heterocycles. The van der Waals surface area contributed by atoms with Crippen molar-refractivity contribution in [2.45, 2.75) is 26.7 Å². The average molecular weight is 279 g/mol. The van der Waals surface area contributed by atoms with Gasteiger partial charge in [-0.15, -0.1) is 0 Å². The van der Waals surface area contributed by atoms with Gasteiger partial charge in [0.05, 0.1) is 12.2 Å². The van der Waals surface area contributed by atoms with Crippen LogP contribution >= 0.6 is 11.6 Å². The van der Waals surface area contributed by atoms with Crippen molar-refractivity contribution < 1.29 is 4.79 Å². The van der Waals surface area contributed by atoms with Crippen LogP contribution in [0.2, 0.25) is 5.02 Å². The zero-order valence-electron chi connectivity index (χ0n) is 11.3. The molecule has 0 aliphatic rings. The molecule has 0 heterocycles. The zero-order chi connectivity index (χ0) is 14.3. The monoisotopic (exact) mass is 278 g/mol. The first-order valence-electron chi connectivity index (χ1n) is 6.37. The molecule has 3 nitrogen and oxygen atoms in total. The second kappa shape index (κ2) is 7.83. The van der Waals surface area contributed by atoms with E-state index in [1.165, 1.54) is 0 Å². The highest BCUT2D eigenvalue weighted by atomic mass is 35.5. The van der Waals surface area contributed by atoms with Crippen molar-refractivity contribution in [3.8, 4) is 11.8 Å². The van der Waals surface area contributed by atoms with Gasteiger partial charge in [-0.05, 0) is 24.6 Å². The van der Waals surface area contributed by atoms with Crippen molar-refractivity contribution in [3.05, 3.63) is 28.8 Å². The Morgan fingerprint density at radius 3 is 2.89 bits per heavy atom. The fourth-order valence-electron chi connectivity index (χ4n) is 1.70. The van der Waals surface area contributed by atoms with Crippen molar-refractivity contribution in [1.29, 1.82) is 0 Å². The van der Waals surface area contributed by atoms with Crippen LogP contribution in [0.25, 0.3) is 0 Å². The lowest BCUT2D eigenvalue weighted by atomic mass is 10.0. The summed E-state index contributed by atoms with van der Waals surface area (Å²) >= 11 is 5.93. The zero-order valence-corrected chi connectivity index (χ0v) is 12.1. The molecule has 0 saturated carbocycles. The van der Waals surface area contributed by atoms with E-state index in [0.717, 1.165) is 12.8 Å². The Hall–Kier alpha value is -1.50. The third-order valence-electron chi connectivity index (χ3n) is 2.73. The number of carbonyl (C=O) groups is 1. The van der Waals surface area contributed by atoms with Gasteiger partial charge in [0.25, 0.3) is 0 Å². The van der Waals surface area contributed by atoms with Gasteiger partial charge in [0.2, 0.25) is 5.91 Å². The van der Waals surface area contributed by atoms with E-state index < -0.39 is 0 Å². The molecule has 1 aromatic carbocycles. The van der Waals surface area contributed by atoms with E-state index in [1.54, 1.807) is 18.2 Å². The first-order chi connectivity index (χ1) is 9.08. The van der Waals surface area contributed by atoms with Gasteiger partial charge in [-0.25, -0.2) is 0 Å². The maximum atomic E-state index is 12.0. The second-order valence-electron chi connectivity index (χ2n) is 4.37. The van der Waals surface area contributed by atoms with E-state index >= 15 is 0 Å². The molecule has 0 aliphatic carbocycles. The highest BCUT2D eigenvalue weighted by Crippen LogP contribution is 2.21. The minimum absolute atomic E-state index is 0.0000269. The average Bonchev–Trinajstić information content (AvgIpc) is 2.39. The van der Waals surface area contributed by atoms with Crippen LogP contribution in [0.5, 0.6) is 0 Å². The number of amides is 1. The van der Waals surface area contributed by atoms with Gasteiger partial charge < -0.3 is 11.1 Å². The van der Waals surface area contributed by atoms with Crippen LogP contribution in [0, 0.1) is 17.8 Å². The standard InChI is InChI=1S/C15H19ClN2O/c1-3-5-11(2)15(19)18-14-8-7-13(16)10-12(14)6-4-9-17/h7-8,10-11H,3,5,9,17H2,1-2H3,(H,18,19). The second-order valence-corrected chi connectivity index (χ2v) is 4.81. The first kappa shape index (κ1) is 15.6. The summed E-state index contributed by atoms with van der Waals surface area (Å²) in [4.78, 5) is 12.0. The summed E-state index contributed by atoms with van der Waals surface area (Å²) in [5.41, 5.74) is 6.73. The molecule has 19 heavy (non-hydrogen) atoms. The number of halogens is 1. The fourth-order valence-corrected chi connectivity index (χ4v) is 1.87. The normalized spacial score (nSPS) is 11.4. The maximum absolute atomic E-state index is 12.0. The van der Waals surface area contributed by atoms with Gasteiger partial charge in [0, 0.05) is 16.5 Å². The van der Waals surface area contributed by atoms with E-state index in [1.807, 2.05) is 6.92 Å². The molecular formula is C15H19ClN2O. The highest BCUT2D eigenvalue weighted by molar-refractivity contribution is 6.30. The van der Waals surface area contributed by atoms with Crippen molar-refractivity contribution >= 4 is 23.2 Å². The summed E-state index contributed by atoms with van der Waals surface area (Å²) in [6.07, 6.45) is 1.85. The van der Waals surface area contributed by atoms with Crippen LogP contribution in [-0.4, -0.2) is 12.5 Å². The molecule has 0 aliphatic heterocycles. The molecule has 102 valence electrons. The van der Waals surface area contributed by atoms with Gasteiger partial charge in [0.1, 0.15) is 0 Å². The van der Waals surface area contributed by atoms with Crippen molar-refractivity contribution in [1.82, 2.24) is 0 Å². The fraction of sp³-hybridized carbons (Fsp3) is 0.400. The molecule has 1 aromatic rings. The van der Waals surface area contributed by atoms with Crippen LogP contribution in [0.15, 0.2) is 18.2 Å². The molecule has 1 amide bonds. The van der Waals surface area contributed by atoms with Crippen LogP contribution in [0.4, 0.5) is 5.69 Å². The lowest BCUT2D eigenvalue weighted by Gasteiger charge is -2.12. The molecule has 0 bridgehead atoms. The Balaban J connectivity index is 2.91. The van der Waals surface area contributed by atoms with Gasteiger partial charge in [-0.3, -0.25) is 4.79 Å². The molecule has 0 aromatic heterocycles. The Morgan fingerprint density at radius 2 is 2.26 bits per heavy atom. The van der Waals surface area contributed by atoms with Crippen LogP contribution < -0.4 is 11.1 Å². The van der Waals surface area contributed by atoms with Gasteiger partial charge in [-0.2, -0.15) is 0 Å². The SMILES string of the molecule is CCCC(C)C(=O)Nc1ccc(Cl)cc1C#CCN. The quantitative estimate of drug-likeness (QED) is 0.832. The Bertz CT molecular complexity index is 503. The van der Waals surface area contributed by atoms with E-state index in [-0.39, 0.29) is 18.4 Å². The van der Waals surface area contributed by atoms with E-state index in [2.05, 4.69) is 24.1 Å². The number of benzene rings is 1. The Morgan fingerprint density at radius 1 is 1.53 bits per heavy atom. The third-order valence-corrected chi connectivity index (χ3v) is 2.97. The summed E-state index contributed by atoms with van der Waals surface area (Å²) in [5, 5.41) is 3.47. The summed E-state index contributed by atoms with van der Waals surface area (Å²) in [5.74, 6) is 5.67. The van der Waals surface area contributed by atoms with E-state index in [0.29, 0.717) is 16.3 Å². The van der Waals surface area contributed by atoms with Gasteiger partial charge in [-0.1, -0.05) is 43.7 Å². The molecule has 1 unspecified atom stereocenters. The lowest BCUT2D eigenvalue weighted by molar-refractivity contribution is -0.119. The van der Waals surface area contributed by atoms with Crippen LogP contribution in [0.1, 0.15) is 32.3 Å². The van der Waals surface area contributed by atoms with Crippen molar-refractivity contribution in [3.63, 3.8) is 0 Å². The Kier molecular flexibility index (Phi) is 6.41. The number of nitrogens with one attached hydrogen (secondary N) is 1. The minimum atomic E-state index is -0.0176. The molecule has 1 rings (SSSR count). The van der Waals surface area contributed by atoms with Crippen molar-refractivity contribution in [2.24, 2.45) is 11.7 Å². The number of nitrogens with two attached hydrogens (primary N) is 1. The third kappa shape index (κ3) is 4.94. The number of anilines is 1. The summed E-state index contributed by atoms with van der Waals surface area (Å²) < 4.78 is 0. The largest absolute Gasteiger partial charge is 0.325 e. The predicted molar refractivity (Wildman–Crippen MR) is 80.1 cm³/mol. The molecule has 3 N–H and O–H groups in total. The molecule has 1 atom stereocenters. The molecule has 4 heteroatoms. The predicted octanol–water partition coefficient (Wildman–Crippen LogP) is 3.02. The topological polar surface area (TPSA) is 55.1 Å². The van der Waals surface area contributed by atoms with Crippen molar-refractivity contribution in [2.75, 3.05) is 11.9 Å². The summed E-state index contributed by atoms with van der Waals surface area (Å²) in [6, 6.07) is 5.22. The highest BCUT2D eigenvalue weighted by Gasteiger charge is 2.13. The van der Waals surface area contributed by atoms with Gasteiger partial charge in [0.15, 0.2) is 0 Å². The molecular weight excluding hydrogens is 260 g/mol. The molecule has 0 spiro atoms. The molecule has 0 radical (unpaired) electrons. The maximum Gasteiger partial charge on any atom is 0.227 e. The Labute approximate surface area is 119 Å². The van der Waals surface area contributed by atoms with Gasteiger partial charge >= 0.3 is 0 Å². The first-order valence-corrected chi connectivity index (χ1v) is 6.75. The van der Waals surface area contributed by atoms with Crippen LogP contribution in [-0.2, 0) is 4.79 Å². The summed E-state index contributed by atoms with van der Waals surface area (Å²) in [6.45, 7) is 4.25. The number of hydrogen-bond donors (Lipinski definition) is 2. The number of hydrogen-bond acceptors (Lipinski definition) is 2. The summed E-state index contributed by atoms with van der Waals surface area (Å²) in [7, 11) is 0.